The fraction of sp³-hybridized carbons (Fsp3) is 0.133. The number of esters is 1. The number of halogens is 1. The van der Waals surface area contributed by atoms with Crippen molar-refractivity contribution in [3.05, 3.63) is 47.3 Å². The molecule has 1 aromatic heterocycles. The van der Waals surface area contributed by atoms with Crippen LogP contribution >= 0.6 is 15.9 Å². The topological polar surface area (TPSA) is 98.1 Å². The number of ether oxygens (including phenoxy) is 1. The largest absolute Gasteiger partial charge is 0.464 e. The SMILES string of the molecule is COC(=O)c1c(N)c(C#N)cn1-c1ccc(C(=O)CBr)cc1. The fourth-order valence-corrected chi connectivity index (χ4v) is 2.33. The van der Waals surface area contributed by atoms with E-state index in [1.54, 1.807) is 24.3 Å². The van der Waals surface area contributed by atoms with Crippen LogP contribution in [0.25, 0.3) is 5.69 Å². The van der Waals surface area contributed by atoms with Crippen molar-refractivity contribution in [2.45, 2.75) is 0 Å². The van der Waals surface area contributed by atoms with E-state index in [1.165, 1.54) is 17.9 Å². The van der Waals surface area contributed by atoms with Gasteiger partial charge in [-0.2, -0.15) is 5.26 Å². The Morgan fingerprint density at radius 3 is 2.50 bits per heavy atom. The Morgan fingerprint density at radius 1 is 1.36 bits per heavy atom. The second-order valence-electron chi connectivity index (χ2n) is 4.38. The average molecular weight is 362 g/mol. The highest BCUT2D eigenvalue weighted by Crippen LogP contribution is 2.24. The number of nitriles is 1. The van der Waals surface area contributed by atoms with E-state index in [1.807, 2.05) is 6.07 Å². The molecule has 112 valence electrons. The molecule has 6 nitrogen and oxygen atoms in total. The molecule has 1 aromatic carbocycles. The molecule has 0 fully saturated rings. The smallest absolute Gasteiger partial charge is 0.357 e. The summed E-state index contributed by atoms with van der Waals surface area (Å²) in [6, 6.07) is 8.55. The van der Waals surface area contributed by atoms with Crippen molar-refractivity contribution in [2.75, 3.05) is 18.2 Å². The molecule has 2 N–H and O–H groups in total. The van der Waals surface area contributed by atoms with Gasteiger partial charge in [0.15, 0.2) is 11.5 Å². The molecule has 0 aliphatic heterocycles. The number of methoxy groups -OCH3 is 1. The first-order valence-corrected chi connectivity index (χ1v) is 7.34. The van der Waals surface area contributed by atoms with E-state index in [4.69, 9.17) is 15.7 Å². The van der Waals surface area contributed by atoms with Crippen LogP contribution in [0, 0.1) is 11.3 Å². The normalized spacial score (nSPS) is 10.0. The molecule has 0 saturated carbocycles. The Balaban J connectivity index is 2.55. The predicted octanol–water partition coefficient (Wildman–Crippen LogP) is 2.30. The summed E-state index contributed by atoms with van der Waals surface area (Å²) in [6.07, 6.45) is 1.46. The van der Waals surface area contributed by atoms with Crippen molar-refractivity contribution in [3.8, 4) is 11.8 Å². The summed E-state index contributed by atoms with van der Waals surface area (Å²) in [4.78, 5) is 23.5. The van der Waals surface area contributed by atoms with Crippen LogP contribution in [0.4, 0.5) is 5.69 Å². The van der Waals surface area contributed by atoms with Crippen molar-refractivity contribution in [2.24, 2.45) is 0 Å². The van der Waals surface area contributed by atoms with Crippen LogP contribution in [0.2, 0.25) is 0 Å². The number of aromatic nitrogens is 1. The lowest BCUT2D eigenvalue weighted by Crippen LogP contribution is -2.11. The summed E-state index contributed by atoms with van der Waals surface area (Å²) in [6.45, 7) is 0. The van der Waals surface area contributed by atoms with Gasteiger partial charge in [-0.15, -0.1) is 0 Å². The number of carbonyl (C=O) groups is 2. The van der Waals surface area contributed by atoms with E-state index >= 15 is 0 Å². The van der Waals surface area contributed by atoms with Gasteiger partial charge in [0, 0.05) is 17.4 Å². The number of rotatable bonds is 4. The van der Waals surface area contributed by atoms with Gasteiger partial charge in [-0.3, -0.25) is 4.79 Å². The van der Waals surface area contributed by atoms with Crippen LogP contribution < -0.4 is 5.73 Å². The maximum absolute atomic E-state index is 11.9. The third kappa shape index (κ3) is 2.73. The molecule has 0 spiro atoms. The Hall–Kier alpha value is -2.59. The zero-order chi connectivity index (χ0) is 16.3. The van der Waals surface area contributed by atoms with Gasteiger partial charge in [0.1, 0.15) is 6.07 Å². The molecule has 0 atom stereocenters. The number of ketones is 1. The van der Waals surface area contributed by atoms with Crippen LogP contribution in [0.3, 0.4) is 0 Å². The minimum atomic E-state index is -0.639. The first-order chi connectivity index (χ1) is 10.5. The predicted molar refractivity (Wildman–Crippen MR) is 84.4 cm³/mol. The van der Waals surface area contributed by atoms with Gasteiger partial charge in [-0.25, -0.2) is 4.79 Å². The second-order valence-corrected chi connectivity index (χ2v) is 4.94. The van der Waals surface area contributed by atoms with Crippen molar-refractivity contribution in [3.63, 3.8) is 0 Å². The summed E-state index contributed by atoms with van der Waals surface area (Å²) in [5.41, 5.74) is 7.29. The van der Waals surface area contributed by atoms with Crippen molar-refractivity contribution < 1.29 is 14.3 Å². The lowest BCUT2D eigenvalue weighted by atomic mass is 10.1. The highest BCUT2D eigenvalue weighted by molar-refractivity contribution is 9.09. The Morgan fingerprint density at radius 2 is 2.00 bits per heavy atom. The van der Waals surface area contributed by atoms with Crippen molar-refractivity contribution in [1.29, 1.82) is 5.26 Å². The van der Waals surface area contributed by atoms with Crippen LogP contribution in [0.1, 0.15) is 26.4 Å². The fourth-order valence-electron chi connectivity index (χ4n) is 2.00. The summed E-state index contributed by atoms with van der Waals surface area (Å²) < 4.78 is 6.18. The molecule has 1 heterocycles. The lowest BCUT2D eigenvalue weighted by Gasteiger charge is -2.09. The first kappa shape index (κ1) is 15.8. The van der Waals surface area contributed by atoms with Crippen molar-refractivity contribution >= 4 is 33.4 Å². The number of benzene rings is 1. The Bertz CT molecular complexity index is 773. The molecular formula is C15H12BrN3O3. The van der Waals surface area contributed by atoms with Crippen LogP contribution in [0.15, 0.2) is 30.5 Å². The molecule has 0 unspecified atom stereocenters. The van der Waals surface area contributed by atoms with Gasteiger partial charge in [0.2, 0.25) is 0 Å². The highest BCUT2D eigenvalue weighted by atomic mass is 79.9. The third-order valence-electron chi connectivity index (χ3n) is 3.13. The van der Waals surface area contributed by atoms with Crippen LogP contribution in [-0.2, 0) is 4.74 Å². The molecule has 0 amide bonds. The highest BCUT2D eigenvalue weighted by Gasteiger charge is 2.21. The molecular weight excluding hydrogens is 350 g/mol. The van der Waals surface area contributed by atoms with Crippen molar-refractivity contribution in [1.82, 2.24) is 4.57 Å². The minimum absolute atomic E-state index is 0.0514. The van der Waals surface area contributed by atoms with Crippen LogP contribution in [0.5, 0.6) is 0 Å². The minimum Gasteiger partial charge on any atom is -0.464 e. The summed E-state index contributed by atoms with van der Waals surface area (Å²) in [5.74, 6) is -0.691. The Labute approximate surface area is 135 Å². The second kappa shape index (κ2) is 6.45. The molecule has 0 saturated heterocycles. The average Bonchev–Trinajstić information content (AvgIpc) is 2.90. The lowest BCUT2D eigenvalue weighted by molar-refractivity contribution is 0.0593. The van der Waals surface area contributed by atoms with Crippen LogP contribution in [-0.4, -0.2) is 28.8 Å². The van der Waals surface area contributed by atoms with E-state index < -0.39 is 5.97 Å². The molecule has 2 aromatic rings. The zero-order valence-corrected chi connectivity index (χ0v) is 13.3. The van der Waals surface area contributed by atoms with Gasteiger partial charge >= 0.3 is 5.97 Å². The van der Waals surface area contributed by atoms with E-state index in [2.05, 4.69) is 15.9 Å². The number of carbonyl (C=O) groups excluding carboxylic acids is 2. The molecule has 0 radical (unpaired) electrons. The van der Waals surface area contributed by atoms with Gasteiger partial charge in [-0.1, -0.05) is 15.9 Å². The van der Waals surface area contributed by atoms with Gasteiger partial charge in [0.25, 0.3) is 0 Å². The third-order valence-corrected chi connectivity index (χ3v) is 3.64. The van der Waals surface area contributed by atoms with Gasteiger partial charge < -0.3 is 15.0 Å². The number of nitrogen functional groups attached to an aromatic ring is 1. The number of nitrogens with two attached hydrogens (primary N) is 1. The molecule has 0 aliphatic rings. The van der Waals surface area contributed by atoms with Gasteiger partial charge in [0.05, 0.1) is 23.7 Å². The summed E-state index contributed by atoms with van der Waals surface area (Å²) in [5, 5.41) is 9.29. The summed E-state index contributed by atoms with van der Waals surface area (Å²) >= 11 is 3.11. The zero-order valence-electron chi connectivity index (χ0n) is 11.7. The molecule has 2 rings (SSSR count). The quantitative estimate of drug-likeness (QED) is 0.511. The molecule has 0 bridgehead atoms. The van der Waals surface area contributed by atoms with E-state index in [9.17, 15) is 9.59 Å². The number of Topliss-reactive ketones (excluding diaryl/α,β-unsaturated/α-hetero) is 1. The van der Waals surface area contributed by atoms with E-state index in [0.29, 0.717) is 11.3 Å². The molecule has 22 heavy (non-hydrogen) atoms. The van der Waals surface area contributed by atoms with Gasteiger partial charge in [-0.05, 0) is 24.3 Å². The maximum atomic E-state index is 11.9. The number of anilines is 1. The maximum Gasteiger partial charge on any atom is 0.357 e. The Kier molecular flexibility index (Phi) is 4.63. The first-order valence-electron chi connectivity index (χ1n) is 6.22. The van der Waals surface area contributed by atoms with E-state index in [-0.39, 0.29) is 28.1 Å². The standard InChI is InChI=1S/C15H12BrN3O3/c1-22-15(21)14-13(18)10(7-17)8-19(14)11-4-2-9(3-5-11)12(20)6-16/h2-5,8H,6,18H2,1H3. The number of hydrogen-bond acceptors (Lipinski definition) is 5. The summed E-state index contributed by atoms with van der Waals surface area (Å²) in [7, 11) is 1.24. The monoisotopic (exact) mass is 361 g/mol. The van der Waals surface area contributed by atoms with E-state index in [0.717, 1.165) is 0 Å². The number of nitrogens with zero attached hydrogens (tertiary/aromatic N) is 2. The molecule has 7 heteroatoms. The molecule has 0 aliphatic carbocycles. The number of hydrogen-bond donors (Lipinski definition) is 1. The number of alkyl halides is 1.